The molecule has 0 aliphatic rings. The van der Waals surface area contributed by atoms with Gasteiger partial charge in [-0.05, 0) is 74.2 Å². The van der Waals surface area contributed by atoms with Gasteiger partial charge >= 0.3 is 0 Å². The highest BCUT2D eigenvalue weighted by atomic mass is 32.2. The van der Waals surface area contributed by atoms with Crippen LogP contribution in [0.5, 0.6) is 0 Å². The summed E-state index contributed by atoms with van der Waals surface area (Å²) in [6.07, 6.45) is 4.85. The van der Waals surface area contributed by atoms with Crippen LogP contribution < -0.4 is 0 Å². The minimum absolute atomic E-state index is 0.666. The molecule has 5 rings (SSSR count). The molecule has 1 N–H and O–H groups in total. The standard InChI is InChI=1S/C31H30N2O3S2/c1-30(2,34)29-33-19-27(37-29)25-14-7-6-13-24(25)20-10-8-11-21(16-20)26-18-23(31(3,4)38(5,35)36)17-22-12-9-15-32-28(22)26/h6-19,34H,1-5H3. The smallest absolute Gasteiger partial charge is 0.156 e. The summed E-state index contributed by atoms with van der Waals surface area (Å²) in [6.45, 7) is 6.96. The molecule has 2 heterocycles. The lowest BCUT2D eigenvalue weighted by atomic mass is 9.91. The van der Waals surface area contributed by atoms with Crippen LogP contribution in [0.25, 0.3) is 43.6 Å². The van der Waals surface area contributed by atoms with E-state index in [1.54, 1.807) is 33.9 Å². The molecule has 3 aromatic carbocycles. The van der Waals surface area contributed by atoms with Crippen molar-refractivity contribution in [1.29, 1.82) is 0 Å². The first-order valence-corrected chi connectivity index (χ1v) is 15.0. The van der Waals surface area contributed by atoms with Crippen molar-refractivity contribution < 1.29 is 13.5 Å². The van der Waals surface area contributed by atoms with Crippen LogP contribution in [0.3, 0.4) is 0 Å². The number of benzene rings is 3. The summed E-state index contributed by atoms with van der Waals surface area (Å²) in [5.74, 6) is 0. The van der Waals surface area contributed by atoms with Crippen molar-refractivity contribution in [2.45, 2.75) is 38.0 Å². The quantitative estimate of drug-likeness (QED) is 0.245. The van der Waals surface area contributed by atoms with Crippen molar-refractivity contribution in [3.05, 3.63) is 95.8 Å². The maximum atomic E-state index is 12.7. The average molecular weight is 543 g/mol. The number of aromatic nitrogens is 2. The Morgan fingerprint density at radius 3 is 2.13 bits per heavy atom. The average Bonchev–Trinajstić information content (AvgIpc) is 3.38. The Kier molecular flexibility index (Phi) is 6.50. The van der Waals surface area contributed by atoms with Gasteiger partial charge in [0.15, 0.2) is 9.84 Å². The molecule has 0 saturated heterocycles. The van der Waals surface area contributed by atoms with Crippen LogP contribution in [0, 0.1) is 0 Å². The second kappa shape index (κ2) is 9.42. The maximum absolute atomic E-state index is 12.7. The number of nitrogens with zero attached hydrogens (tertiary/aromatic N) is 2. The van der Waals surface area contributed by atoms with Crippen LogP contribution >= 0.6 is 11.3 Å². The molecule has 0 aliphatic carbocycles. The number of pyridine rings is 1. The second-order valence-corrected chi connectivity index (χ2v) is 14.2. The number of rotatable bonds is 6. The SMILES string of the molecule is CC(C)(O)c1ncc(-c2ccccc2-c2cccc(-c3cc(C(C)(C)S(C)(=O)=O)cc4cccnc34)c2)s1. The van der Waals surface area contributed by atoms with Gasteiger partial charge in [-0.3, -0.25) is 4.98 Å². The Labute approximate surface area is 227 Å². The Bertz CT molecular complexity index is 1760. The highest BCUT2D eigenvalue weighted by Gasteiger charge is 2.33. The lowest BCUT2D eigenvalue weighted by molar-refractivity contribution is 0.0783. The molecule has 0 spiro atoms. The third-order valence-corrected chi connectivity index (χ3v) is 10.5. The van der Waals surface area contributed by atoms with Gasteiger partial charge in [0.25, 0.3) is 0 Å². The number of sulfone groups is 1. The van der Waals surface area contributed by atoms with E-state index in [0.29, 0.717) is 5.01 Å². The monoisotopic (exact) mass is 542 g/mol. The molecule has 0 radical (unpaired) electrons. The van der Waals surface area contributed by atoms with Crippen LogP contribution in [0.2, 0.25) is 0 Å². The van der Waals surface area contributed by atoms with E-state index in [9.17, 15) is 13.5 Å². The number of fused-ring (bicyclic) bond motifs is 1. The largest absolute Gasteiger partial charge is 0.383 e. The number of hydrogen-bond acceptors (Lipinski definition) is 6. The van der Waals surface area contributed by atoms with Crippen molar-refractivity contribution in [3.63, 3.8) is 0 Å². The van der Waals surface area contributed by atoms with Gasteiger partial charge in [0, 0.05) is 35.2 Å². The third-order valence-electron chi connectivity index (χ3n) is 7.03. The second-order valence-electron chi connectivity index (χ2n) is 10.6. The van der Waals surface area contributed by atoms with Crippen molar-refractivity contribution in [3.8, 4) is 32.7 Å². The van der Waals surface area contributed by atoms with Gasteiger partial charge in [-0.15, -0.1) is 11.3 Å². The minimum atomic E-state index is -3.36. The highest BCUT2D eigenvalue weighted by molar-refractivity contribution is 7.91. The van der Waals surface area contributed by atoms with Crippen LogP contribution in [-0.4, -0.2) is 29.7 Å². The molecule has 0 amide bonds. The van der Waals surface area contributed by atoms with Gasteiger partial charge in [-0.1, -0.05) is 48.5 Å². The molecule has 5 aromatic rings. The van der Waals surface area contributed by atoms with Gasteiger partial charge in [-0.25, -0.2) is 13.4 Å². The lowest BCUT2D eigenvalue weighted by Crippen LogP contribution is -2.28. The van der Waals surface area contributed by atoms with E-state index in [1.165, 1.54) is 17.6 Å². The molecule has 2 aromatic heterocycles. The predicted octanol–water partition coefficient (Wildman–Crippen LogP) is 7.20. The molecular formula is C31H30N2O3S2. The fourth-order valence-electron chi connectivity index (χ4n) is 4.46. The normalized spacial score (nSPS) is 12.7. The van der Waals surface area contributed by atoms with Gasteiger partial charge in [-0.2, -0.15) is 0 Å². The summed E-state index contributed by atoms with van der Waals surface area (Å²) < 4.78 is 24.3. The molecule has 194 valence electrons. The molecule has 0 saturated carbocycles. The molecule has 0 unspecified atom stereocenters. The van der Waals surface area contributed by atoms with E-state index >= 15 is 0 Å². The van der Waals surface area contributed by atoms with Crippen LogP contribution in [0.1, 0.15) is 38.3 Å². The maximum Gasteiger partial charge on any atom is 0.156 e. The van der Waals surface area contributed by atoms with E-state index in [2.05, 4.69) is 34.2 Å². The van der Waals surface area contributed by atoms with Gasteiger partial charge in [0.1, 0.15) is 10.6 Å². The summed E-state index contributed by atoms with van der Waals surface area (Å²) >= 11 is 1.48. The van der Waals surface area contributed by atoms with Crippen LogP contribution in [-0.2, 0) is 20.2 Å². The Balaban J connectivity index is 1.68. The zero-order valence-electron chi connectivity index (χ0n) is 22.1. The molecule has 7 heteroatoms. The molecule has 5 nitrogen and oxygen atoms in total. The summed E-state index contributed by atoms with van der Waals surface area (Å²) in [6, 6.07) is 24.1. The summed E-state index contributed by atoms with van der Waals surface area (Å²) in [5, 5.41) is 12.0. The molecule has 0 fully saturated rings. The van der Waals surface area contributed by atoms with Crippen molar-refractivity contribution in [2.24, 2.45) is 0 Å². The topological polar surface area (TPSA) is 80.2 Å². The fraction of sp³-hybridized carbons (Fsp3) is 0.226. The van der Waals surface area contributed by atoms with E-state index in [0.717, 1.165) is 49.2 Å². The Morgan fingerprint density at radius 1 is 0.789 bits per heavy atom. The number of thiazole rings is 1. The third kappa shape index (κ3) is 4.77. The summed E-state index contributed by atoms with van der Waals surface area (Å²) in [4.78, 5) is 10.1. The van der Waals surface area contributed by atoms with Gasteiger partial charge < -0.3 is 5.11 Å². The Hall–Kier alpha value is -3.39. The van der Waals surface area contributed by atoms with Gasteiger partial charge in [0.2, 0.25) is 0 Å². The molecule has 0 bridgehead atoms. The van der Waals surface area contributed by atoms with Crippen LogP contribution in [0.4, 0.5) is 0 Å². The van der Waals surface area contributed by atoms with Crippen molar-refractivity contribution >= 4 is 32.1 Å². The molecular weight excluding hydrogens is 512 g/mol. The van der Waals surface area contributed by atoms with Gasteiger partial charge in [0.05, 0.1) is 15.1 Å². The zero-order chi connectivity index (χ0) is 27.3. The Morgan fingerprint density at radius 2 is 1.47 bits per heavy atom. The first-order chi connectivity index (χ1) is 17.9. The van der Waals surface area contributed by atoms with Crippen molar-refractivity contribution in [2.75, 3.05) is 6.26 Å². The van der Waals surface area contributed by atoms with E-state index < -0.39 is 20.2 Å². The van der Waals surface area contributed by atoms with Crippen molar-refractivity contribution in [1.82, 2.24) is 9.97 Å². The first kappa shape index (κ1) is 26.2. The lowest BCUT2D eigenvalue weighted by Gasteiger charge is -2.24. The summed E-state index contributed by atoms with van der Waals surface area (Å²) in [7, 11) is -3.36. The highest BCUT2D eigenvalue weighted by Crippen LogP contribution is 2.40. The van der Waals surface area contributed by atoms with E-state index in [4.69, 9.17) is 0 Å². The zero-order valence-corrected chi connectivity index (χ0v) is 23.7. The number of hydrogen-bond donors (Lipinski definition) is 1. The van der Waals surface area contributed by atoms with E-state index in [-0.39, 0.29) is 0 Å². The minimum Gasteiger partial charge on any atom is -0.383 e. The molecule has 0 atom stereocenters. The molecule has 0 aliphatic heterocycles. The molecule has 38 heavy (non-hydrogen) atoms. The number of aliphatic hydroxyl groups is 1. The van der Waals surface area contributed by atoms with E-state index in [1.807, 2.05) is 54.7 Å². The van der Waals surface area contributed by atoms with Crippen LogP contribution in [0.15, 0.2) is 85.2 Å². The fourth-order valence-corrected chi connectivity index (χ4v) is 5.96. The summed E-state index contributed by atoms with van der Waals surface area (Å²) in [5.41, 5.74) is 5.49. The predicted molar refractivity (Wildman–Crippen MR) is 157 cm³/mol. The first-order valence-electron chi connectivity index (χ1n) is 12.3.